The van der Waals surface area contributed by atoms with E-state index in [1.807, 2.05) is 0 Å². The van der Waals surface area contributed by atoms with E-state index in [1.54, 1.807) is 0 Å². The first-order valence-electron chi connectivity index (χ1n) is 1.63. The molecule has 0 saturated heterocycles. The average molecular weight is 110 g/mol. The van der Waals surface area contributed by atoms with Gasteiger partial charge in [0.2, 0.25) is 6.43 Å². The summed E-state index contributed by atoms with van der Waals surface area (Å²) in [7, 11) is 0. The fourth-order valence-electron chi connectivity index (χ4n) is 0.132. The Bertz CT molecular complexity index is 71.3. The molecular weight excluding hydrogens is 106 g/mol. The van der Waals surface area contributed by atoms with Gasteiger partial charge in [0, 0.05) is 0 Å². The molecule has 0 amide bonds. The molecule has 0 aliphatic carbocycles. The molecule has 42 valence electrons. The molecule has 0 aromatic carbocycles. The topological polar surface area (TPSA) is 37.3 Å². The lowest BCUT2D eigenvalue weighted by Gasteiger charge is -1.87. The van der Waals surface area contributed by atoms with Crippen LogP contribution in [-0.4, -0.2) is 17.5 Å². The van der Waals surface area contributed by atoms with Gasteiger partial charge in [-0.25, -0.2) is 8.78 Å². The van der Waals surface area contributed by atoms with E-state index in [0.29, 0.717) is 0 Å². The second-order valence-corrected chi connectivity index (χ2v) is 0.989. The Morgan fingerprint density at radius 1 is 1.71 bits per heavy atom. The summed E-state index contributed by atoms with van der Waals surface area (Å²) in [6, 6.07) is 0. The van der Waals surface area contributed by atoms with Gasteiger partial charge in [-0.2, -0.15) is 0 Å². The van der Waals surface area contributed by atoms with E-state index < -0.39 is 18.8 Å². The standard InChI is InChI=1S/C3H4F2O2/c4-2(5)1-3(6)7/h2H,1H2,(H,6,7). The lowest BCUT2D eigenvalue weighted by Crippen LogP contribution is -2.01. The van der Waals surface area contributed by atoms with E-state index in [-0.39, 0.29) is 0 Å². The first-order chi connectivity index (χ1) is 3.13. The monoisotopic (exact) mass is 110 g/mol. The predicted octanol–water partition coefficient (Wildman–Crippen LogP) is 0.726. The van der Waals surface area contributed by atoms with Crippen LogP contribution in [0.4, 0.5) is 8.78 Å². The predicted molar refractivity (Wildman–Crippen MR) is 18.3 cm³/mol. The van der Waals surface area contributed by atoms with Gasteiger partial charge in [0.05, 0.1) is 0 Å². The smallest absolute Gasteiger partial charge is 0.309 e. The summed E-state index contributed by atoms with van der Waals surface area (Å²) >= 11 is 0. The number of carboxylic acid groups (broad SMARTS) is 1. The molecule has 1 N–H and O–H groups in total. The average Bonchev–Trinajstić information content (AvgIpc) is 1.27. The summed E-state index contributed by atoms with van der Waals surface area (Å²) in [5.74, 6) is -1.46. The van der Waals surface area contributed by atoms with Crippen molar-refractivity contribution < 1.29 is 18.7 Å². The van der Waals surface area contributed by atoms with Crippen molar-refractivity contribution in [1.82, 2.24) is 0 Å². The third kappa shape index (κ3) is 5.33. The highest BCUT2D eigenvalue weighted by atomic mass is 19.3. The molecule has 0 spiro atoms. The van der Waals surface area contributed by atoms with Crippen LogP contribution in [0, 0.1) is 0 Å². The van der Waals surface area contributed by atoms with Gasteiger partial charge < -0.3 is 5.11 Å². The fraction of sp³-hybridized carbons (Fsp3) is 0.667. The molecule has 4 heteroatoms. The molecule has 0 rings (SSSR count). The summed E-state index contributed by atoms with van der Waals surface area (Å²) in [6.07, 6.45) is -3.78. The Balaban J connectivity index is 3.13. The molecule has 2 nitrogen and oxygen atoms in total. The van der Waals surface area contributed by atoms with Gasteiger partial charge in [-0.3, -0.25) is 4.79 Å². The summed E-state index contributed by atoms with van der Waals surface area (Å²) in [6.45, 7) is 0. The quantitative estimate of drug-likeness (QED) is 0.568. The van der Waals surface area contributed by atoms with Crippen LogP contribution in [0.15, 0.2) is 0 Å². The van der Waals surface area contributed by atoms with Crippen LogP contribution >= 0.6 is 0 Å². The van der Waals surface area contributed by atoms with Gasteiger partial charge in [-0.1, -0.05) is 0 Å². The highest BCUT2D eigenvalue weighted by molar-refractivity contribution is 5.66. The van der Waals surface area contributed by atoms with Gasteiger partial charge in [0.15, 0.2) is 0 Å². The van der Waals surface area contributed by atoms with Gasteiger partial charge >= 0.3 is 5.97 Å². The number of carboxylic acids is 1. The molecule has 0 aromatic heterocycles. The Kier molecular flexibility index (Phi) is 2.26. The van der Waals surface area contributed by atoms with E-state index >= 15 is 0 Å². The molecule has 0 unspecified atom stereocenters. The number of hydrogen-bond acceptors (Lipinski definition) is 1. The summed E-state index contributed by atoms with van der Waals surface area (Å²) < 4.78 is 21.8. The second kappa shape index (κ2) is 2.49. The van der Waals surface area contributed by atoms with Crippen LogP contribution in [0.5, 0.6) is 0 Å². The van der Waals surface area contributed by atoms with Crippen molar-refractivity contribution in [1.29, 1.82) is 0 Å². The molecule has 0 aliphatic heterocycles. The van der Waals surface area contributed by atoms with Crippen LogP contribution in [0.1, 0.15) is 6.42 Å². The molecule has 0 aromatic rings. The zero-order chi connectivity index (χ0) is 5.86. The number of carbonyl (C=O) groups is 1. The first kappa shape index (κ1) is 6.33. The maximum Gasteiger partial charge on any atom is 0.309 e. The van der Waals surface area contributed by atoms with Crippen molar-refractivity contribution in [2.24, 2.45) is 0 Å². The van der Waals surface area contributed by atoms with Gasteiger partial charge in [0.25, 0.3) is 0 Å². The summed E-state index contributed by atoms with van der Waals surface area (Å²) in [5, 5.41) is 7.60. The minimum atomic E-state index is -2.72. The van der Waals surface area contributed by atoms with Crippen LogP contribution in [0.3, 0.4) is 0 Å². The molecule has 7 heavy (non-hydrogen) atoms. The molecule has 0 fully saturated rings. The molecule has 0 bridgehead atoms. The molecular formula is C3H4F2O2. The van der Waals surface area contributed by atoms with Crippen molar-refractivity contribution in [2.75, 3.05) is 0 Å². The highest BCUT2D eigenvalue weighted by Gasteiger charge is 2.06. The minimum Gasteiger partial charge on any atom is -0.481 e. The Hall–Kier alpha value is -0.670. The Labute approximate surface area is 38.8 Å². The number of halogens is 2. The molecule has 0 saturated carbocycles. The Morgan fingerprint density at radius 3 is 2.14 bits per heavy atom. The lowest BCUT2D eigenvalue weighted by atomic mass is 10.5. The lowest BCUT2D eigenvalue weighted by molar-refractivity contribution is -0.139. The highest BCUT2D eigenvalue weighted by Crippen LogP contribution is 1.96. The normalized spacial score (nSPS) is 9.57. The Morgan fingerprint density at radius 2 is 2.14 bits per heavy atom. The largest absolute Gasteiger partial charge is 0.481 e. The second-order valence-electron chi connectivity index (χ2n) is 0.989. The molecule has 0 radical (unpaired) electrons. The molecule has 0 aliphatic rings. The fourth-order valence-corrected chi connectivity index (χ4v) is 0.132. The number of aliphatic carboxylic acids is 1. The van der Waals surface area contributed by atoms with Crippen LogP contribution in [0.2, 0.25) is 0 Å². The van der Waals surface area contributed by atoms with E-state index in [2.05, 4.69) is 0 Å². The van der Waals surface area contributed by atoms with Crippen molar-refractivity contribution in [3.8, 4) is 0 Å². The third-order valence-electron chi connectivity index (χ3n) is 0.329. The van der Waals surface area contributed by atoms with Crippen molar-refractivity contribution in [2.45, 2.75) is 12.8 Å². The van der Waals surface area contributed by atoms with E-state index in [1.165, 1.54) is 0 Å². The summed E-state index contributed by atoms with van der Waals surface area (Å²) in [4.78, 5) is 9.33. The van der Waals surface area contributed by atoms with Gasteiger partial charge in [0.1, 0.15) is 6.42 Å². The van der Waals surface area contributed by atoms with Crippen molar-refractivity contribution in [3.63, 3.8) is 0 Å². The van der Waals surface area contributed by atoms with Gasteiger partial charge in [-0.05, 0) is 0 Å². The zero-order valence-electron chi connectivity index (χ0n) is 3.40. The van der Waals surface area contributed by atoms with Crippen LogP contribution in [-0.2, 0) is 4.79 Å². The number of hydrogen-bond donors (Lipinski definition) is 1. The van der Waals surface area contributed by atoms with E-state index in [9.17, 15) is 13.6 Å². The van der Waals surface area contributed by atoms with Crippen molar-refractivity contribution in [3.05, 3.63) is 0 Å². The van der Waals surface area contributed by atoms with Crippen LogP contribution < -0.4 is 0 Å². The maximum atomic E-state index is 10.9. The van der Waals surface area contributed by atoms with E-state index in [4.69, 9.17) is 5.11 Å². The summed E-state index contributed by atoms with van der Waals surface area (Å²) in [5.41, 5.74) is 0. The third-order valence-corrected chi connectivity index (χ3v) is 0.329. The minimum absolute atomic E-state index is 1.06. The van der Waals surface area contributed by atoms with Crippen LogP contribution in [0.25, 0.3) is 0 Å². The number of alkyl halides is 2. The van der Waals surface area contributed by atoms with Gasteiger partial charge in [-0.15, -0.1) is 0 Å². The maximum absolute atomic E-state index is 10.9. The zero-order valence-corrected chi connectivity index (χ0v) is 3.40. The molecule has 0 atom stereocenters. The number of rotatable bonds is 2. The van der Waals surface area contributed by atoms with Crippen molar-refractivity contribution >= 4 is 5.97 Å². The molecule has 0 heterocycles. The first-order valence-corrected chi connectivity index (χ1v) is 1.63. The van der Waals surface area contributed by atoms with E-state index in [0.717, 1.165) is 0 Å². The SMILES string of the molecule is O=C(O)CC(F)F.